The third-order valence-corrected chi connectivity index (χ3v) is 7.12. The fraction of sp³-hybridized carbons (Fsp3) is 1.00. The van der Waals surface area contributed by atoms with Gasteiger partial charge in [0.1, 0.15) is 6.17 Å². The minimum atomic E-state index is -2.76. The zero-order valence-electron chi connectivity index (χ0n) is 14.6. The maximum Gasteiger partial charge on any atom is 0.256 e. The predicted octanol–water partition coefficient (Wildman–Crippen LogP) is 6.78. The Kier molecular flexibility index (Phi) is 5.63. The highest BCUT2D eigenvalue weighted by atomic mass is 19.3. The van der Waals surface area contributed by atoms with E-state index in [9.17, 15) is 13.2 Å². The Labute approximate surface area is 139 Å². The lowest BCUT2D eigenvalue weighted by Crippen LogP contribution is -2.41. The van der Waals surface area contributed by atoms with E-state index in [0.29, 0.717) is 12.8 Å². The van der Waals surface area contributed by atoms with Gasteiger partial charge < -0.3 is 0 Å². The summed E-state index contributed by atoms with van der Waals surface area (Å²) in [5.74, 6) is -3.42. The van der Waals surface area contributed by atoms with Gasteiger partial charge in [-0.15, -0.1) is 0 Å². The van der Waals surface area contributed by atoms with E-state index in [2.05, 4.69) is 6.92 Å². The minimum Gasteiger partial charge on any atom is -0.247 e. The summed E-state index contributed by atoms with van der Waals surface area (Å²) < 4.78 is 43.9. The van der Waals surface area contributed by atoms with Gasteiger partial charge >= 0.3 is 0 Å². The Morgan fingerprint density at radius 2 is 1.65 bits per heavy atom. The van der Waals surface area contributed by atoms with Crippen LogP contribution in [0.25, 0.3) is 0 Å². The van der Waals surface area contributed by atoms with Crippen molar-refractivity contribution in [3.63, 3.8) is 0 Å². The third-order valence-electron chi connectivity index (χ3n) is 7.12. The quantitative estimate of drug-likeness (QED) is 0.487. The largest absolute Gasteiger partial charge is 0.256 e. The lowest BCUT2D eigenvalue weighted by atomic mass is 9.72. The third kappa shape index (κ3) is 3.58. The summed E-state index contributed by atoms with van der Waals surface area (Å²) in [5, 5.41) is 0. The molecule has 0 spiro atoms. The van der Waals surface area contributed by atoms with Crippen molar-refractivity contribution in [2.75, 3.05) is 0 Å². The summed E-state index contributed by atoms with van der Waals surface area (Å²) in [4.78, 5) is 0. The van der Waals surface area contributed by atoms with Gasteiger partial charge in [-0.1, -0.05) is 51.9 Å². The first-order chi connectivity index (χ1) is 11.0. The Balaban J connectivity index is 1.56. The van der Waals surface area contributed by atoms with Crippen LogP contribution in [0.2, 0.25) is 0 Å². The highest BCUT2D eigenvalue weighted by molar-refractivity contribution is 5.04. The van der Waals surface area contributed by atoms with E-state index < -0.39 is 23.9 Å². The van der Waals surface area contributed by atoms with Gasteiger partial charge in [0.15, 0.2) is 0 Å². The summed E-state index contributed by atoms with van der Waals surface area (Å²) in [6, 6.07) is 0. The second-order valence-electron chi connectivity index (χ2n) is 8.53. The van der Waals surface area contributed by atoms with Crippen LogP contribution in [-0.4, -0.2) is 12.1 Å². The lowest BCUT2D eigenvalue weighted by Gasteiger charge is -2.37. The average Bonchev–Trinajstić information content (AvgIpc) is 2.81. The van der Waals surface area contributed by atoms with Crippen molar-refractivity contribution in [3.05, 3.63) is 0 Å². The molecule has 0 aliphatic heterocycles. The molecule has 23 heavy (non-hydrogen) atoms. The molecule has 0 heterocycles. The summed E-state index contributed by atoms with van der Waals surface area (Å²) in [5.41, 5.74) is 0. The zero-order chi connectivity index (χ0) is 16.4. The van der Waals surface area contributed by atoms with Gasteiger partial charge in [0.2, 0.25) is 0 Å². The van der Waals surface area contributed by atoms with Gasteiger partial charge in [-0.2, -0.15) is 0 Å². The Hall–Kier alpha value is -0.210. The van der Waals surface area contributed by atoms with Crippen molar-refractivity contribution in [1.29, 1.82) is 0 Å². The molecule has 0 radical (unpaired) electrons. The summed E-state index contributed by atoms with van der Waals surface area (Å²) in [7, 11) is 0. The first-order valence-corrected chi connectivity index (χ1v) is 10.1. The molecule has 4 unspecified atom stereocenters. The molecule has 0 N–H and O–H groups in total. The Bertz CT molecular complexity index is 373. The molecule has 0 aromatic rings. The van der Waals surface area contributed by atoms with E-state index in [1.165, 1.54) is 25.7 Å². The molecule has 134 valence electrons. The monoisotopic (exact) mass is 330 g/mol. The fourth-order valence-corrected chi connectivity index (χ4v) is 5.85. The topological polar surface area (TPSA) is 0 Å². The van der Waals surface area contributed by atoms with Crippen molar-refractivity contribution in [2.45, 2.75) is 96.1 Å². The van der Waals surface area contributed by atoms with Crippen LogP contribution in [0.3, 0.4) is 0 Å². The number of halogens is 3. The van der Waals surface area contributed by atoms with Crippen LogP contribution < -0.4 is 0 Å². The summed E-state index contributed by atoms with van der Waals surface area (Å²) in [6.45, 7) is 2.22. The molecule has 0 amide bonds. The van der Waals surface area contributed by atoms with E-state index in [4.69, 9.17) is 0 Å². The first kappa shape index (κ1) is 17.6. The summed E-state index contributed by atoms with van der Waals surface area (Å²) >= 11 is 0. The van der Waals surface area contributed by atoms with Crippen molar-refractivity contribution < 1.29 is 13.2 Å². The van der Waals surface area contributed by atoms with E-state index in [1.807, 2.05) is 0 Å². The maximum absolute atomic E-state index is 14.9. The van der Waals surface area contributed by atoms with Crippen molar-refractivity contribution in [2.24, 2.45) is 29.6 Å². The number of hydrogen-bond donors (Lipinski definition) is 0. The van der Waals surface area contributed by atoms with Crippen LogP contribution in [-0.2, 0) is 0 Å². The van der Waals surface area contributed by atoms with Crippen LogP contribution >= 0.6 is 0 Å². The molecular weight excluding hydrogens is 297 g/mol. The van der Waals surface area contributed by atoms with Crippen molar-refractivity contribution in [3.8, 4) is 0 Å². The van der Waals surface area contributed by atoms with E-state index in [-0.39, 0.29) is 11.8 Å². The second-order valence-corrected chi connectivity index (χ2v) is 8.53. The molecular formula is C20H33F3. The molecule has 4 atom stereocenters. The zero-order valence-corrected chi connectivity index (χ0v) is 14.6. The molecule has 0 aromatic carbocycles. The number of alkyl halides is 3. The number of hydrogen-bond acceptors (Lipinski definition) is 0. The fourth-order valence-electron chi connectivity index (χ4n) is 5.85. The molecule has 3 rings (SSSR count). The number of rotatable bonds is 5. The molecule has 3 heteroatoms. The average molecular weight is 330 g/mol. The van der Waals surface area contributed by atoms with Crippen LogP contribution in [0.4, 0.5) is 13.2 Å². The van der Waals surface area contributed by atoms with Crippen LogP contribution in [0, 0.1) is 29.6 Å². The minimum absolute atomic E-state index is 0.0546. The predicted molar refractivity (Wildman–Crippen MR) is 88.4 cm³/mol. The van der Waals surface area contributed by atoms with E-state index >= 15 is 0 Å². The van der Waals surface area contributed by atoms with E-state index in [1.54, 1.807) is 0 Å². The smallest absolute Gasteiger partial charge is 0.247 e. The molecule has 0 aromatic heterocycles. The van der Waals surface area contributed by atoms with Crippen LogP contribution in [0.15, 0.2) is 0 Å². The normalized spacial score (nSPS) is 43.3. The second kappa shape index (κ2) is 7.35. The van der Waals surface area contributed by atoms with Gasteiger partial charge in [-0.05, 0) is 49.9 Å². The van der Waals surface area contributed by atoms with Crippen LogP contribution in [0.1, 0.15) is 84.0 Å². The molecule has 0 bridgehead atoms. The van der Waals surface area contributed by atoms with Crippen molar-refractivity contribution in [1.82, 2.24) is 0 Å². The van der Waals surface area contributed by atoms with E-state index in [0.717, 1.165) is 44.4 Å². The highest BCUT2D eigenvalue weighted by Crippen LogP contribution is 2.59. The lowest BCUT2D eigenvalue weighted by molar-refractivity contribution is -0.128. The number of unbranched alkanes of at least 4 members (excludes halogenated alkanes) is 2. The Morgan fingerprint density at radius 1 is 0.913 bits per heavy atom. The SMILES string of the molecule is CCCCCC1CCC(C2CC3CCCC(F)C3C2(F)F)CC1. The van der Waals surface area contributed by atoms with Gasteiger partial charge in [0.25, 0.3) is 5.92 Å². The maximum atomic E-state index is 14.9. The number of fused-ring (bicyclic) bond motifs is 1. The molecule has 0 nitrogen and oxygen atoms in total. The van der Waals surface area contributed by atoms with Gasteiger partial charge in [0.05, 0.1) is 5.92 Å². The summed E-state index contributed by atoms with van der Waals surface area (Å²) in [6.07, 6.45) is 10.6. The van der Waals surface area contributed by atoms with Gasteiger partial charge in [-0.3, -0.25) is 0 Å². The molecule has 0 saturated heterocycles. The molecule has 3 aliphatic rings. The highest BCUT2D eigenvalue weighted by Gasteiger charge is 2.62. The van der Waals surface area contributed by atoms with Gasteiger partial charge in [-0.25, -0.2) is 13.2 Å². The molecule has 3 aliphatic carbocycles. The van der Waals surface area contributed by atoms with Crippen molar-refractivity contribution >= 4 is 0 Å². The first-order valence-electron chi connectivity index (χ1n) is 10.1. The Morgan fingerprint density at radius 3 is 2.30 bits per heavy atom. The van der Waals surface area contributed by atoms with Crippen LogP contribution in [0.5, 0.6) is 0 Å². The van der Waals surface area contributed by atoms with Gasteiger partial charge in [0, 0.05) is 5.92 Å². The molecule has 3 saturated carbocycles. The molecule has 3 fully saturated rings. The standard InChI is InChI=1S/C20H33F3/c1-2-3-4-6-14-9-11-15(12-10-14)17-13-16-7-5-8-18(21)19(16)20(17,22)23/h14-19H,2-13H2,1H3.